The van der Waals surface area contributed by atoms with Gasteiger partial charge in [0.15, 0.2) is 0 Å². The lowest BCUT2D eigenvalue weighted by Crippen LogP contribution is -2.39. The first kappa shape index (κ1) is 21.9. The summed E-state index contributed by atoms with van der Waals surface area (Å²) >= 11 is 12.8. The number of imidazole rings is 1. The van der Waals surface area contributed by atoms with E-state index in [1.165, 1.54) is 12.8 Å². The molecule has 1 N–H and O–H groups in total. The van der Waals surface area contributed by atoms with Crippen molar-refractivity contribution in [1.29, 1.82) is 0 Å². The molecule has 1 aliphatic rings. The van der Waals surface area contributed by atoms with E-state index in [0.29, 0.717) is 28.1 Å². The molecule has 1 aliphatic carbocycles. The van der Waals surface area contributed by atoms with Crippen LogP contribution in [0.1, 0.15) is 26.2 Å². The maximum Gasteiger partial charge on any atom is 0.305 e. The van der Waals surface area contributed by atoms with E-state index in [2.05, 4.69) is 16.8 Å². The normalized spacial score (nSPS) is 14.7. The number of hydrogen-bond donors (Lipinski definition) is 1. The Hall–Kier alpha value is -2.35. The molecule has 2 heterocycles. The standard InChI is InChI=1S/C22H24Cl2N4O3/c1-14(12-31-9-6-20(29)30)28(11-15-2-3-15)19-10-18(27-8-7-25-13-27)16-4-5-17(23)21(24)22(16)26-19/h4-5,7-8,10,13-15H,2-3,6,9,11-12H2,1H3,(H,29,30)/t14-/m0/s1. The van der Waals surface area contributed by atoms with Gasteiger partial charge in [-0.1, -0.05) is 23.2 Å². The molecule has 2 aromatic heterocycles. The summed E-state index contributed by atoms with van der Waals surface area (Å²) in [5.41, 5.74) is 1.55. The monoisotopic (exact) mass is 462 g/mol. The lowest BCUT2D eigenvalue weighted by atomic mass is 10.1. The SMILES string of the molecule is C[C@@H](COCCC(=O)O)N(CC1CC1)c1cc(-n2ccnc2)c2ccc(Cl)c(Cl)c2n1. The van der Waals surface area contributed by atoms with E-state index in [9.17, 15) is 4.79 Å². The molecule has 1 fully saturated rings. The number of benzene rings is 1. The highest BCUT2D eigenvalue weighted by Crippen LogP contribution is 2.37. The third-order valence-electron chi connectivity index (χ3n) is 5.42. The van der Waals surface area contributed by atoms with Crippen molar-refractivity contribution in [3.63, 3.8) is 0 Å². The number of carboxylic acids is 1. The molecule has 1 atom stereocenters. The van der Waals surface area contributed by atoms with E-state index in [4.69, 9.17) is 38.0 Å². The number of carboxylic acid groups (broad SMARTS) is 1. The zero-order valence-electron chi connectivity index (χ0n) is 17.2. The molecule has 9 heteroatoms. The number of fused-ring (bicyclic) bond motifs is 1. The third-order valence-corrected chi connectivity index (χ3v) is 6.21. The second-order valence-corrected chi connectivity index (χ2v) is 8.68. The van der Waals surface area contributed by atoms with E-state index in [0.717, 1.165) is 23.4 Å². The van der Waals surface area contributed by atoms with Crippen molar-refractivity contribution < 1.29 is 14.6 Å². The summed E-state index contributed by atoms with van der Waals surface area (Å²) in [6, 6.07) is 5.73. The number of aliphatic carboxylic acids is 1. The predicted octanol–water partition coefficient (Wildman–Crippen LogP) is 4.82. The van der Waals surface area contributed by atoms with Gasteiger partial charge in [0.05, 0.1) is 53.3 Å². The number of hydrogen-bond acceptors (Lipinski definition) is 5. The van der Waals surface area contributed by atoms with Crippen molar-refractivity contribution in [3.8, 4) is 5.69 Å². The Morgan fingerprint density at radius 1 is 1.39 bits per heavy atom. The largest absolute Gasteiger partial charge is 0.481 e. The fourth-order valence-electron chi connectivity index (χ4n) is 3.55. The Morgan fingerprint density at radius 2 is 2.19 bits per heavy atom. The van der Waals surface area contributed by atoms with Crippen LogP contribution in [0.4, 0.5) is 5.82 Å². The lowest BCUT2D eigenvalue weighted by Gasteiger charge is -2.31. The second-order valence-electron chi connectivity index (χ2n) is 7.89. The molecule has 3 aromatic rings. The van der Waals surface area contributed by atoms with Crippen molar-refractivity contribution in [1.82, 2.24) is 14.5 Å². The molecule has 4 rings (SSSR count). The number of halogens is 2. The molecule has 7 nitrogen and oxygen atoms in total. The molecule has 0 radical (unpaired) electrons. The van der Waals surface area contributed by atoms with Crippen molar-refractivity contribution >= 4 is 45.9 Å². The zero-order chi connectivity index (χ0) is 22.0. The summed E-state index contributed by atoms with van der Waals surface area (Å²) < 4.78 is 7.56. The summed E-state index contributed by atoms with van der Waals surface area (Å²) in [6.07, 6.45) is 7.72. The molecular formula is C22H24Cl2N4O3. The Morgan fingerprint density at radius 3 is 2.87 bits per heavy atom. The molecule has 0 spiro atoms. The first-order chi connectivity index (χ1) is 14.9. The van der Waals surface area contributed by atoms with Crippen molar-refractivity contribution in [2.75, 3.05) is 24.7 Å². The van der Waals surface area contributed by atoms with Gasteiger partial charge >= 0.3 is 5.97 Å². The molecular weight excluding hydrogens is 439 g/mol. The van der Waals surface area contributed by atoms with Crippen LogP contribution in [-0.2, 0) is 9.53 Å². The van der Waals surface area contributed by atoms with E-state index in [-0.39, 0.29) is 19.1 Å². The first-order valence-electron chi connectivity index (χ1n) is 10.3. The zero-order valence-corrected chi connectivity index (χ0v) is 18.7. The minimum Gasteiger partial charge on any atom is -0.481 e. The quantitative estimate of drug-likeness (QED) is 0.434. The van der Waals surface area contributed by atoms with Crippen LogP contribution >= 0.6 is 23.2 Å². The van der Waals surface area contributed by atoms with Crippen LogP contribution in [0, 0.1) is 5.92 Å². The number of carbonyl (C=O) groups is 1. The Labute approximate surface area is 190 Å². The van der Waals surface area contributed by atoms with Gasteiger partial charge in [-0.2, -0.15) is 0 Å². The Balaban J connectivity index is 1.72. The topological polar surface area (TPSA) is 80.5 Å². The van der Waals surface area contributed by atoms with Gasteiger partial charge in [-0.25, -0.2) is 9.97 Å². The van der Waals surface area contributed by atoms with Crippen LogP contribution < -0.4 is 4.90 Å². The number of anilines is 1. The highest BCUT2D eigenvalue weighted by atomic mass is 35.5. The third kappa shape index (κ3) is 5.11. The molecule has 0 bridgehead atoms. The highest BCUT2D eigenvalue weighted by Gasteiger charge is 2.28. The maximum absolute atomic E-state index is 10.8. The number of aromatic nitrogens is 3. The van der Waals surface area contributed by atoms with Gasteiger partial charge < -0.3 is 19.3 Å². The average Bonchev–Trinajstić information content (AvgIpc) is 3.41. The number of ether oxygens (including phenoxy) is 1. The van der Waals surface area contributed by atoms with Crippen molar-refractivity contribution in [2.24, 2.45) is 5.92 Å². The second kappa shape index (κ2) is 9.42. The predicted molar refractivity (Wildman–Crippen MR) is 121 cm³/mol. The summed E-state index contributed by atoms with van der Waals surface area (Å²) in [5.74, 6) is 0.530. The summed E-state index contributed by atoms with van der Waals surface area (Å²) in [5, 5.41) is 10.6. The molecule has 1 aromatic carbocycles. The van der Waals surface area contributed by atoms with Gasteiger partial charge in [-0.3, -0.25) is 4.79 Å². The van der Waals surface area contributed by atoms with Crippen molar-refractivity contribution in [2.45, 2.75) is 32.2 Å². The van der Waals surface area contributed by atoms with Gasteiger partial charge in [0, 0.05) is 30.4 Å². The summed E-state index contributed by atoms with van der Waals surface area (Å²) in [7, 11) is 0. The molecule has 0 unspecified atom stereocenters. The van der Waals surface area contributed by atoms with Crippen LogP contribution in [0.25, 0.3) is 16.6 Å². The van der Waals surface area contributed by atoms with Crippen LogP contribution in [-0.4, -0.2) is 51.4 Å². The molecule has 164 valence electrons. The summed E-state index contributed by atoms with van der Waals surface area (Å²) in [4.78, 5) is 22.0. The van der Waals surface area contributed by atoms with Crippen LogP contribution in [0.5, 0.6) is 0 Å². The Kier molecular flexibility index (Phi) is 6.65. The van der Waals surface area contributed by atoms with E-state index in [1.54, 1.807) is 18.6 Å². The van der Waals surface area contributed by atoms with Gasteiger partial charge in [-0.05, 0) is 37.8 Å². The average molecular weight is 463 g/mol. The number of nitrogens with zero attached hydrogens (tertiary/aromatic N) is 4. The van der Waals surface area contributed by atoms with E-state index >= 15 is 0 Å². The fourth-order valence-corrected chi connectivity index (χ4v) is 3.91. The molecule has 31 heavy (non-hydrogen) atoms. The number of pyridine rings is 1. The van der Waals surface area contributed by atoms with Gasteiger partial charge in [0.2, 0.25) is 0 Å². The molecule has 0 amide bonds. The lowest BCUT2D eigenvalue weighted by molar-refractivity contribution is -0.138. The Bertz CT molecular complexity index is 1070. The van der Waals surface area contributed by atoms with Gasteiger partial charge in [-0.15, -0.1) is 0 Å². The van der Waals surface area contributed by atoms with Crippen LogP contribution in [0.15, 0.2) is 36.9 Å². The minimum absolute atomic E-state index is 0.00735. The highest BCUT2D eigenvalue weighted by molar-refractivity contribution is 6.45. The van der Waals surface area contributed by atoms with Gasteiger partial charge in [0.1, 0.15) is 5.82 Å². The molecule has 1 saturated carbocycles. The summed E-state index contributed by atoms with van der Waals surface area (Å²) in [6.45, 7) is 3.50. The van der Waals surface area contributed by atoms with Crippen LogP contribution in [0.3, 0.4) is 0 Å². The van der Waals surface area contributed by atoms with Crippen LogP contribution in [0.2, 0.25) is 10.0 Å². The smallest absolute Gasteiger partial charge is 0.305 e. The first-order valence-corrected chi connectivity index (χ1v) is 11.0. The van der Waals surface area contributed by atoms with Crippen molar-refractivity contribution in [3.05, 3.63) is 47.0 Å². The van der Waals surface area contributed by atoms with E-state index in [1.807, 2.05) is 22.9 Å². The fraction of sp³-hybridized carbons (Fsp3) is 0.409. The van der Waals surface area contributed by atoms with E-state index < -0.39 is 5.97 Å². The minimum atomic E-state index is -0.866. The molecule has 0 saturated heterocycles. The van der Waals surface area contributed by atoms with Gasteiger partial charge in [0.25, 0.3) is 0 Å². The number of rotatable bonds is 10. The maximum atomic E-state index is 10.8. The molecule has 0 aliphatic heterocycles.